The zero-order valence-corrected chi connectivity index (χ0v) is 19.0. The molecule has 0 aliphatic rings. The van der Waals surface area contributed by atoms with E-state index in [1.807, 2.05) is 30.3 Å². The third kappa shape index (κ3) is 8.08. The molecule has 0 atom stereocenters. The molecule has 0 aliphatic carbocycles. The van der Waals surface area contributed by atoms with Crippen LogP contribution in [0.5, 0.6) is 11.5 Å². The van der Waals surface area contributed by atoms with Crippen molar-refractivity contribution in [2.75, 3.05) is 17.3 Å². The van der Waals surface area contributed by atoms with Gasteiger partial charge < -0.3 is 15.2 Å². The Balaban J connectivity index is 1.70. The standard InChI is InChI=1S/C25H25NO6S/c1-33(30,31)14-13-20-15-19(17-25(28)29)9-12-23(20)32-22-10-7-18(8-11-22)16-24(27)26-21-5-3-2-4-6-21/h2-12,15H,13-14,16-17H2,1H3,(H,26,27)(H,28,29). The average molecular weight is 468 g/mol. The van der Waals surface area contributed by atoms with Crippen molar-refractivity contribution >= 4 is 27.4 Å². The minimum absolute atomic E-state index is 0.0741. The van der Waals surface area contributed by atoms with Crippen LogP contribution >= 0.6 is 0 Å². The lowest BCUT2D eigenvalue weighted by Crippen LogP contribution is -2.14. The van der Waals surface area contributed by atoms with Gasteiger partial charge in [0.1, 0.15) is 21.3 Å². The topological polar surface area (TPSA) is 110 Å². The molecule has 3 aromatic rings. The number of anilines is 1. The predicted molar refractivity (Wildman–Crippen MR) is 126 cm³/mol. The van der Waals surface area contributed by atoms with E-state index in [-0.39, 0.29) is 30.9 Å². The second-order valence-corrected chi connectivity index (χ2v) is 9.99. The summed E-state index contributed by atoms with van der Waals surface area (Å²) < 4.78 is 29.2. The molecule has 33 heavy (non-hydrogen) atoms. The highest BCUT2D eigenvalue weighted by molar-refractivity contribution is 7.90. The molecular formula is C25H25NO6S. The number of amides is 1. The summed E-state index contributed by atoms with van der Waals surface area (Å²) in [6.45, 7) is 0. The predicted octanol–water partition coefficient (Wildman–Crippen LogP) is 3.87. The van der Waals surface area contributed by atoms with Gasteiger partial charge in [0.2, 0.25) is 5.91 Å². The van der Waals surface area contributed by atoms with Crippen molar-refractivity contribution in [3.05, 3.63) is 89.5 Å². The number of para-hydroxylation sites is 1. The number of aliphatic carboxylic acids is 1. The van der Waals surface area contributed by atoms with Gasteiger partial charge in [-0.15, -0.1) is 0 Å². The van der Waals surface area contributed by atoms with Gasteiger partial charge in [-0.1, -0.05) is 42.5 Å². The Morgan fingerprint density at radius 1 is 0.909 bits per heavy atom. The molecule has 0 unspecified atom stereocenters. The van der Waals surface area contributed by atoms with Gasteiger partial charge in [0.25, 0.3) is 0 Å². The first-order valence-electron chi connectivity index (χ1n) is 10.3. The van der Waals surface area contributed by atoms with Crippen molar-refractivity contribution in [2.45, 2.75) is 19.3 Å². The summed E-state index contributed by atoms with van der Waals surface area (Å²) in [5.41, 5.74) is 2.73. The number of carbonyl (C=O) groups excluding carboxylic acids is 1. The minimum Gasteiger partial charge on any atom is -0.481 e. The molecule has 0 saturated heterocycles. The van der Waals surface area contributed by atoms with E-state index in [0.717, 1.165) is 17.5 Å². The Morgan fingerprint density at radius 2 is 1.58 bits per heavy atom. The zero-order chi connectivity index (χ0) is 23.8. The molecule has 3 rings (SSSR count). The Kier molecular flexibility index (Phi) is 7.84. The van der Waals surface area contributed by atoms with Crippen molar-refractivity contribution in [1.82, 2.24) is 0 Å². The molecule has 0 saturated carbocycles. The van der Waals surface area contributed by atoms with E-state index in [9.17, 15) is 18.0 Å². The van der Waals surface area contributed by atoms with Crippen LogP contribution in [0.1, 0.15) is 16.7 Å². The van der Waals surface area contributed by atoms with Gasteiger partial charge in [-0.3, -0.25) is 9.59 Å². The summed E-state index contributed by atoms with van der Waals surface area (Å²) in [5, 5.41) is 11.9. The lowest BCUT2D eigenvalue weighted by Gasteiger charge is -2.13. The van der Waals surface area contributed by atoms with Crippen molar-refractivity contribution in [3.63, 3.8) is 0 Å². The number of carboxylic acid groups (broad SMARTS) is 1. The molecule has 172 valence electrons. The number of rotatable bonds is 10. The number of carbonyl (C=O) groups is 2. The first kappa shape index (κ1) is 24.0. The van der Waals surface area contributed by atoms with E-state index in [4.69, 9.17) is 9.84 Å². The smallest absolute Gasteiger partial charge is 0.307 e. The lowest BCUT2D eigenvalue weighted by molar-refractivity contribution is -0.136. The number of hydrogen-bond acceptors (Lipinski definition) is 5. The molecule has 0 bridgehead atoms. The van der Waals surface area contributed by atoms with Gasteiger partial charge in [0.15, 0.2) is 0 Å². The van der Waals surface area contributed by atoms with Gasteiger partial charge in [-0.05, 0) is 53.4 Å². The second-order valence-electron chi connectivity index (χ2n) is 7.73. The highest BCUT2D eigenvalue weighted by Crippen LogP contribution is 2.28. The van der Waals surface area contributed by atoms with Crippen molar-refractivity contribution in [2.24, 2.45) is 0 Å². The molecule has 0 aromatic heterocycles. The molecule has 0 radical (unpaired) electrons. The van der Waals surface area contributed by atoms with E-state index in [2.05, 4.69) is 5.32 Å². The molecule has 8 heteroatoms. The molecule has 0 aliphatic heterocycles. The quantitative estimate of drug-likeness (QED) is 0.468. The number of carboxylic acids is 1. The van der Waals surface area contributed by atoms with Crippen LogP contribution in [-0.4, -0.2) is 37.4 Å². The van der Waals surface area contributed by atoms with E-state index in [1.54, 1.807) is 42.5 Å². The maximum Gasteiger partial charge on any atom is 0.307 e. The molecule has 1 amide bonds. The minimum atomic E-state index is -3.20. The molecule has 3 aromatic carbocycles. The highest BCUT2D eigenvalue weighted by atomic mass is 32.2. The molecule has 0 fully saturated rings. The number of ether oxygens (including phenoxy) is 1. The summed E-state index contributed by atoms with van der Waals surface area (Å²) in [5.74, 6) is -0.192. The Labute approximate surface area is 193 Å². The first-order valence-corrected chi connectivity index (χ1v) is 12.4. The number of sulfone groups is 1. The molecule has 7 nitrogen and oxygen atoms in total. The molecular weight excluding hydrogens is 442 g/mol. The number of aryl methyl sites for hydroxylation is 1. The van der Waals surface area contributed by atoms with Crippen LogP contribution in [0.4, 0.5) is 5.69 Å². The van der Waals surface area contributed by atoms with Crippen molar-refractivity contribution in [1.29, 1.82) is 0 Å². The summed E-state index contributed by atoms with van der Waals surface area (Å²) >= 11 is 0. The van der Waals surface area contributed by atoms with Gasteiger partial charge in [0.05, 0.1) is 18.6 Å². The van der Waals surface area contributed by atoms with E-state index in [1.165, 1.54) is 0 Å². The fourth-order valence-corrected chi connectivity index (χ4v) is 3.81. The normalized spacial score (nSPS) is 11.1. The summed E-state index contributed by atoms with van der Waals surface area (Å²) in [4.78, 5) is 23.3. The largest absolute Gasteiger partial charge is 0.481 e. The van der Waals surface area contributed by atoms with E-state index >= 15 is 0 Å². The average Bonchev–Trinajstić information content (AvgIpc) is 2.75. The van der Waals surface area contributed by atoms with E-state index < -0.39 is 15.8 Å². The Bertz CT molecular complexity index is 1220. The summed E-state index contributed by atoms with van der Waals surface area (Å²) in [6.07, 6.45) is 1.41. The van der Waals surface area contributed by atoms with Crippen LogP contribution in [-0.2, 0) is 38.7 Å². The number of hydrogen-bond donors (Lipinski definition) is 2. The van der Waals surface area contributed by atoms with Crippen LogP contribution in [0, 0.1) is 0 Å². The van der Waals surface area contributed by atoms with Crippen LogP contribution in [0.3, 0.4) is 0 Å². The monoisotopic (exact) mass is 467 g/mol. The highest BCUT2D eigenvalue weighted by Gasteiger charge is 2.12. The van der Waals surface area contributed by atoms with Gasteiger partial charge >= 0.3 is 5.97 Å². The van der Waals surface area contributed by atoms with Crippen LogP contribution in [0.15, 0.2) is 72.8 Å². The third-order valence-corrected chi connectivity index (χ3v) is 5.74. The van der Waals surface area contributed by atoms with E-state index in [0.29, 0.717) is 22.6 Å². The van der Waals surface area contributed by atoms with Gasteiger partial charge in [-0.25, -0.2) is 8.42 Å². The maximum absolute atomic E-state index is 12.2. The molecule has 0 spiro atoms. The Morgan fingerprint density at radius 3 is 2.21 bits per heavy atom. The molecule has 0 heterocycles. The third-order valence-electron chi connectivity index (χ3n) is 4.80. The van der Waals surface area contributed by atoms with Gasteiger partial charge in [-0.2, -0.15) is 0 Å². The van der Waals surface area contributed by atoms with Crippen molar-refractivity contribution < 1.29 is 27.9 Å². The molecule has 2 N–H and O–H groups in total. The zero-order valence-electron chi connectivity index (χ0n) is 18.2. The SMILES string of the molecule is CS(=O)(=O)CCc1cc(CC(=O)O)ccc1Oc1ccc(CC(=O)Nc2ccccc2)cc1. The maximum atomic E-state index is 12.2. The summed E-state index contributed by atoms with van der Waals surface area (Å²) in [6, 6.07) is 21.2. The van der Waals surface area contributed by atoms with Crippen LogP contribution < -0.4 is 10.1 Å². The Hall–Kier alpha value is -3.65. The summed E-state index contributed by atoms with van der Waals surface area (Å²) in [7, 11) is -3.20. The first-order chi connectivity index (χ1) is 15.7. The second kappa shape index (κ2) is 10.8. The van der Waals surface area contributed by atoms with Gasteiger partial charge in [0, 0.05) is 11.9 Å². The lowest BCUT2D eigenvalue weighted by atomic mass is 10.1. The van der Waals surface area contributed by atoms with Crippen molar-refractivity contribution in [3.8, 4) is 11.5 Å². The number of benzene rings is 3. The van der Waals surface area contributed by atoms with Crippen LogP contribution in [0.2, 0.25) is 0 Å². The fraction of sp³-hybridized carbons (Fsp3) is 0.200. The fourth-order valence-electron chi connectivity index (χ4n) is 3.22. The van der Waals surface area contributed by atoms with Crippen LogP contribution in [0.25, 0.3) is 0 Å². The number of nitrogens with one attached hydrogen (secondary N) is 1.